The summed E-state index contributed by atoms with van der Waals surface area (Å²) >= 11 is 5.89. The van der Waals surface area contributed by atoms with Crippen LogP contribution < -0.4 is 5.32 Å². The van der Waals surface area contributed by atoms with Crippen LogP contribution in [0.1, 0.15) is 19.8 Å². The Morgan fingerprint density at radius 3 is 2.39 bits per heavy atom. The van der Waals surface area contributed by atoms with Crippen molar-refractivity contribution in [3.63, 3.8) is 0 Å². The summed E-state index contributed by atoms with van der Waals surface area (Å²) in [6, 6.07) is 5.89. The summed E-state index contributed by atoms with van der Waals surface area (Å²) in [7, 11) is 0. The zero-order valence-electron chi connectivity index (χ0n) is 12.7. The Balaban J connectivity index is 1.75. The molecule has 0 aromatic heterocycles. The van der Waals surface area contributed by atoms with Crippen LogP contribution in [0, 0.1) is 11.8 Å². The van der Waals surface area contributed by atoms with Crippen LogP contribution in [0.2, 0.25) is 5.02 Å². The highest BCUT2D eigenvalue weighted by atomic mass is 35.5. The lowest BCUT2D eigenvalue weighted by Crippen LogP contribution is -2.46. The second-order valence-electron chi connectivity index (χ2n) is 5.88. The molecule has 0 bridgehead atoms. The minimum absolute atomic E-state index is 0.252. The van der Waals surface area contributed by atoms with E-state index in [9.17, 15) is 14.4 Å². The molecule has 0 unspecified atom stereocenters. The second kappa shape index (κ2) is 6.16. The van der Waals surface area contributed by atoms with Gasteiger partial charge >= 0.3 is 0 Å². The number of nitrogens with one attached hydrogen (secondary N) is 1. The highest BCUT2D eigenvalue weighted by Gasteiger charge is 2.50. The SMILES string of the molecule is C[C@@H](C(=O)Nc1cccc(Cl)c1)N1C(=O)[C@H]2CC=CC[C@@H]2C1=O. The van der Waals surface area contributed by atoms with Crippen molar-refractivity contribution in [1.82, 2.24) is 4.90 Å². The Hall–Kier alpha value is -2.14. The lowest BCUT2D eigenvalue weighted by molar-refractivity contribution is -0.146. The zero-order valence-corrected chi connectivity index (χ0v) is 13.4. The van der Waals surface area contributed by atoms with Crippen LogP contribution in [-0.4, -0.2) is 28.7 Å². The largest absolute Gasteiger partial charge is 0.324 e. The fourth-order valence-electron chi connectivity index (χ4n) is 3.14. The van der Waals surface area contributed by atoms with Gasteiger partial charge in [-0.25, -0.2) is 0 Å². The number of anilines is 1. The Morgan fingerprint density at radius 2 is 1.83 bits per heavy atom. The van der Waals surface area contributed by atoms with Crippen molar-refractivity contribution in [2.45, 2.75) is 25.8 Å². The fraction of sp³-hybridized carbons (Fsp3) is 0.353. The first-order valence-corrected chi connectivity index (χ1v) is 7.95. The van der Waals surface area contributed by atoms with Gasteiger partial charge in [-0.1, -0.05) is 29.8 Å². The van der Waals surface area contributed by atoms with Gasteiger partial charge in [0.2, 0.25) is 17.7 Å². The first kappa shape index (κ1) is 15.7. The van der Waals surface area contributed by atoms with E-state index >= 15 is 0 Å². The number of nitrogens with zero attached hydrogens (tertiary/aromatic N) is 1. The maximum atomic E-state index is 12.5. The highest BCUT2D eigenvalue weighted by molar-refractivity contribution is 6.30. The summed E-state index contributed by atoms with van der Waals surface area (Å²) in [6.45, 7) is 1.57. The van der Waals surface area contributed by atoms with E-state index in [1.54, 1.807) is 31.2 Å². The third-order valence-corrected chi connectivity index (χ3v) is 4.64. The van der Waals surface area contributed by atoms with Gasteiger partial charge in [-0.15, -0.1) is 0 Å². The number of carbonyl (C=O) groups is 3. The summed E-state index contributed by atoms with van der Waals surface area (Å²) in [6.07, 6.45) is 4.97. The topological polar surface area (TPSA) is 66.5 Å². The Labute approximate surface area is 139 Å². The van der Waals surface area contributed by atoms with E-state index in [2.05, 4.69) is 5.32 Å². The number of imide groups is 1. The predicted molar refractivity (Wildman–Crippen MR) is 86.8 cm³/mol. The molecule has 23 heavy (non-hydrogen) atoms. The van der Waals surface area contributed by atoms with E-state index in [-0.39, 0.29) is 23.7 Å². The van der Waals surface area contributed by atoms with Gasteiger partial charge in [-0.2, -0.15) is 0 Å². The third kappa shape index (κ3) is 2.88. The minimum atomic E-state index is -0.848. The first-order chi connectivity index (χ1) is 11.0. The average molecular weight is 333 g/mol. The molecule has 1 saturated heterocycles. The third-order valence-electron chi connectivity index (χ3n) is 4.40. The molecule has 3 atom stereocenters. The van der Waals surface area contributed by atoms with Crippen LogP contribution in [0.4, 0.5) is 5.69 Å². The van der Waals surface area contributed by atoms with Crippen LogP contribution in [0.15, 0.2) is 36.4 Å². The molecule has 120 valence electrons. The van der Waals surface area contributed by atoms with E-state index in [1.165, 1.54) is 0 Å². The summed E-state index contributed by atoms with van der Waals surface area (Å²) < 4.78 is 0. The predicted octanol–water partition coefficient (Wildman–Crippen LogP) is 2.62. The molecular weight excluding hydrogens is 316 g/mol. The smallest absolute Gasteiger partial charge is 0.247 e. The average Bonchev–Trinajstić information content (AvgIpc) is 2.79. The van der Waals surface area contributed by atoms with Crippen molar-refractivity contribution < 1.29 is 14.4 Å². The number of hydrogen-bond acceptors (Lipinski definition) is 3. The van der Waals surface area contributed by atoms with Crippen LogP contribution in [0.25, 0.3) is 0 Å². The standard InChI is InChI=1S/C17H17ClN2O3/c1-10(15(21)19-12-6-4-5-11(18)9-12)20-16(22)13-7-2-3-8-14(13)17(20)23/h2-6,9-10,13-14H,7-8H2,1H3,(H,19,21)/t10-,13-,14-/m0/s1. The molecule has 2 aliphatic rings. The molecule has 1 aliphatic heterocycles. The highest BCUT2D eigenvalue weighted by Crippen LogP contribution is 2.36. The molecule has 6 heteroatoms. The van der Waals surface area contributed by atoms with Gasteiger partial charge < -0.3 is 5.32 Å². The van der Waals surface area contributed by atoms with Gasteiger partial charge in [0.05, 0.1) is 11.8 Å². The molecule has 1 aliphatic carbocycles. The van der Waals surface area contributed by atoms with E-state index in [0.29, 0.717) is 23.6 Å². The van der Waals surface area contributed by atoms with Gasteiger partial charge in [0.25, 0.3) is 0 Å². The quantitative estimate of drug-likeness (QED) is 0.683. The monoisotopic (exact) mass is 332 g/mol. The van der Waals surface area contributed by atoms with Crippen molar-refractivity contribution in [3.8, 4) is 0 Å². The second-order valence-corrected chi connectivity index (χ2v) is 6.31. The van der Waals surface area contributed by atoms with Crippen molar-refractivity contribution in [2.24, 2.45) is 11.8 Å². The summed E-state index contributed by atoms with van der Waals surface area (Å²) in [5.41, 5.74) is 0.535. The Bertz CT molecular complexity index is 675. The van der Waals surface area contributed by atoms with Crippen LogP contribution in [0.5, 0.6) is 0 Å². The Morgan fingerprint density at radius 1 is 1.22 bits per heavy atom. The number of carbonyl (C=O) groups excluding carboxylic acids is 3. The molecule has 3 amide bonds. The van der Waals surface area contributed by atoms with Crippen LogP contribution in [-0.2, 0) is 14.4 Å². The fourth-order valence-corrected chi connectivity index (χ4v) is 3.33. The lowest BCUT2D eigenvalue weighted by atomic mass is 9.85. The van der Waals surface area contributed by atoms with E-state index < -0.39 is 11.9 Å². The normalized spacial score (nSPS) is 24.5. The molecule has 0 radical (unpaired) electrons. The van der Waals surface area contributed by atoms with Crippen molar-refractivity contribution >= 4 is 35.0 Å². The zero-order chi connectivity index (χ0) is 16.6. The molecule has 1 aromatic carbocycles. The summed E-state index contributed by atoms with van der Waals surface area (Å²) in [5, 5.41) is 3.20. The number of halogens is 1. The van der Waals surface area contributed by atoms with Crippen LogP contribution in [0.3, 0.4) is 0 Å². The van der Waals surface area contributed by atoms with Gasteiger partial charge in [0, 0.05) is 10.7 Å². The molecule has 1 heterocycles. The first-order valence-electron chi connectivity index (χ1n) is 7.57. The minimum Gasteiger partial charge on any atom is -0.324 e. The maximum Gasteiger partial charge on any atom is 0.247 e. The van der Waals surface area contributed by atoms with E-state index in [1.807, 2.05) is 12.2 Å². The molecule has 1 aromatic rings. The van der Waals surface area contributed by atoms with Crippen LogP contribution >= 0.6 is 11.6 Å². The van der Waals surface area contributed by atoms with E-state index in [0.717, 1.165) is 4.90 Å². The Kier molecular flexibility index (Phi) is 4.22. The lowest BCUT2D eigenvalue weighted by Gasteiger charge is -2.22. The van der Waals surface area contributed by atoms with Gasteiger partial charge in [0.15, 0.2) is 0 Å². The molecule has 1 fully saturated rings. The molecule has 5 nitrogen and oxygen atoms in total. The van der Waals surface area contributed by atoms with Gasteiger partial charge in [-0.05, 0) is 38.0 Å². The van der Waals surface area contributed by atoms with Crippen molar-refractivity contribution in [2.75, 3.05) is 5.32 Å². The number of allylic oxidation sites excluding steroid dienone is 2. The summed E-state index contributed by atoms with van der Waals surface area (Å²) in [5.74, 6) is -1.56. The number of benzene rings is 1. The van der Waals surface area contributed by atoms with Gasteiger partial charge in [0.1, 0.15) is 6.04 Å². The number of fused-ring (bicyclic) bond motifs is 1. The number of rotatable bonds is 3. The molecule has 1 N–H and O–H groups in total. The van der Waals surface area contributed by atoms with E-state index in [4.69, 9.17) is 11.6 Å². The van der Waals surface area contributed by atoms with Crippen molar-refractivity contribution in [1.29, 1.82) is 0 Å². The van der Waals surface area contributed by atoms with Gasteiger partial charge in [-0.3, -0.25) is 19.3 Å². The number of likely N-dealkylation sites (tertiary alicyclic amines) is 1. The summed E-state index contributed by atoms with van der Waals surface area (Å²) in [4.78, 5) is 38.5. The number of amides is 3. The maximum absolute atomic E-state index is 12.5. The van der Waals surface area contributed by atoms with Crippen molar-refractivity contribution in [3.05, 3.63) is 41.4 Å². The molecule has 0 spiro atoms. The molecular formula is C17H17ClN2O3. The number of hydrogen-bond donors (Lipinski definition) is 1. The molecule has 3 rings (SSSR count). The molecule has 0 saturated carbocycles.